The molecule has 170 valence electrons. The molecule has 0 bridgehead atoms. The lowest BCUT2D eigenvalue weighted by Gasteiger charge is -2.17. The maximum Gasteiger partial charge on any atom is 0.236 e. The van der Waals surface area contributed by atoms with E-state index in [1.165, 1.54) is 12.1 Å². The number of nitrogen functional groups attached to an aromatic ring is 1. The third-order valence-electron chi connectivity index (χ3n) is 5.17. The number of phenolic OH excluding ortho intramolecular Hbond substituents is 2. The van der Waals surface area contributed by atoms with Gasteiger partial charge >= 0.3 is 0 Å². The number of hydrogen-bond donors (Lipinski definition) is 6. The van der Waals surface area contributed by atoms with Gasteiger partial charge in [-0.25, -0.2) is 0 Å². The van der Waals surface area contributed by atoms with Gasteiger partial charge in [0, 0.05) is 17.8 Å². The number of phenols is 2. The van der Waals surface area contributed by atoms with Crippen molar-refractivity contribution < 1.29 is 19.8 Å². The van der Waals surface area contributed by atoms with Gasteiger partial charge in [0.25, 0.3) is 0 Å². The zero-order valence-electron chi connectivity index (χ0n) is 17.9. The molecule has 3 aromatic carbocycles. The minimum absolute atomic E-state index is 0.0757. The highest BCUT2D eigenvalue weighted by molar-refractivity contribution is 6.06. The summed E-state index contributed by atoms with van der Waals surface area (Å²) in [6, 6.07) is 20.3. The summed E-state index contributed by atoms with van der Waals surface area (Å²) in [4.78, 5) is 25.9. The van der Waals surface area contributed by atoms with Gasteiger partial charge in [-0.3, -0.25) is 15.0 Å². The number of carbonyl (C=O) groups excluding carboxylic acids is 2. The molecule has 0 aliphatic carbocycles. The molecule has 0 fully saturated rings. The van der Waals surface area contributed by atoms with Crippen LogP contribution in [0.5, 0.6) is 11.5 Å². The van der Waals surface area contributed by atoms with Crippen molar-refractivity contribution in [3.8, 4) is 11.5 Å². The summed E-state index contributed by atoms with van der Waals surface area (Å²) >= 11 is 0. The van der Waals surface area contributed by atoms with E-state index in [-0.39, 0.29) is 23.9 Å². The van der Waals surface area contributed by atoms with Crippen molar-refractivity contribution in [2.24, 2.45) is 11.7 Å². The third kappa shape index (κ3) is 6.57. The van der Waals surface area contributed by atoms with Crippen LogP contribution >= 0.6 is 0 Å². The smallest absolute Gasteiger partial charge is 0.236 e. The molecule has 0 radical (unpaired) electrons. The van der Waals surface area contributed by atoms with Crippen LogP contribution < -0.4 is 16.4 Å². The maximum absolute atomic E-state index is 13.0. The first-order valence-corrected chi connectivity index (χ1v) is 10.4. The molecule has 7 N–H and O–H groups in total. The summed E-state index contributed by atoms with van der Waals surface area (Å²) in [7, 11) is 0. The summed E-state index contributed by atoms with van der Waals surface area (Å²) < 4.78 is 0. The Bertz CT molecular complexity index is 1130. The molecule has 2 amide bonds. The van der Waals surface area contributed by atoms with Crippen LogP contribution in [0.25, 0.3) is 0 Å². The van der Waals surface area contributed by atoms with Crippen molar-refractivity contribution in [1.82, 2.24) is 5.32 Å². The second kappa shape index (κ2) is 10.8. The predicted molar refractivity (Wildman–Crippen MR) is 126 cm³/mol. The number of nitrogens with one attached hydrogen (secondary N) is 3. The number of amidine groups is 1. The molecule has 1 atom stereocenters. The number of nitrogens with two attached hydrogens (primary N) is 1. The van der Waals surface area contributed by atoms with Gasteiger partial charge < -0.3 is 26.6 Å². The Morgan fingerprint density at radius 2 is 1.58 bits per heavy atom. The molecule has 0 aromatic heterocycles. The third-order valence-corrected chi connectivity index (χ3v) is 5.17. The molecule has 3 rings (SSSR count). The minimum Gasteiger partial charge on any atom is -0.504 e. The van der Waals surface area contributed by atoms with Gasteiger partial charge in [-0.05, 0) is 60.4 Å². The summed E-state index contributed by atoms with van der Waals surface area (Å²) in [5.74, 6) is -2.46. The van der Waals surface area contributed by atoms with Crippen LogP contribution in [0.15, 0.2) is 72.8 Å². The zero-order valence-corrected chi connectivity index (χ0v) is 17.9. The second-order valence-electron chi connectivity index (χ2n) is 7.60. The largest absolute Gasteiger partial charge is 0.504 e. The molecule has 8 heteroatoms. The van der Waals surface area contributed by atoms with Gasteiger partial charge in [-0.2, -0.15) is 0 Å². The summed E-state index contributed by atoms with van der Waals surface area (Å²) in [6.45, 7) is 0.0924. The van der Waals surface area contributed by atoms with E-state index < -0.39 is 17.7 Å². The molecule has 1 unspecified atom stereocenters. The highest BCUT2D eigenvalue weighted by Crippen LogP contribution is 2.25. The molecule has 0 saturated carbocycles. The molecule has 0 heterocycles. The van der Waals surface area contributed by atoms with Crippen molar-refractivity contribution in [3.05, 3.63) is 89.5 Å². The van der Waals surface area contributed by atoms with Crippen molar-refractivity contribution >= 4 is 23.3 Å². The van der Waals surface area contributed by atoms with E-state index in [9.17, 15) is 19.8 Å². The van der Waals surface area contributed by atoms with Gasteiger partial charge in [-0.1, -0.05) is 36.4 Å². The average molecular weight is 447 g/mol. The number of hydrogen-bond acceptors (Lipinski definition) is 5. The Kier molecular flexibility index (Phi) is 7.64. The molecule has 33 heavy (non-hydrogen) atoms. The first-order valence-electron chi connectivity index (χ1n) is 10.4. The van der Waals surface area contributed by atoms with Gasteiger partial charge in [0.1, 0.15) is 11.8 Å². The van der Waals surface area contributed by atoms with Crippen LogP contribution in [0.3, 0.4) is 0 Å². The Balaban J connectivity index is 1.70. The van der Waals surface area contributed by atoms with Crippen molar-refractivity contribution in [1.29, 1.82) is 5.41 Å². The molecule has 3 aromatic rings. The second-order valence-corrected chi connectivity index (χ2v) is 7.60. The van der Waals surface area contributed by atoms with Crippen LogP contribution in [0, 0.1) is 11.3 Å². The lowest BCUT2D eigenvalue weighted by molar-refractivity contribution is -0.132. The lowest BCUT2D eigenvalue weighted by Crippen LogP contribution is -2.38. The monoisotopic (exact) mass is 446 g/mol. The fourth-order valence-electron chi connectivity index (χ4n) is 3.29. The molecule has 8 nitrogen and oxygen atoms in total. The van der Waals surface area contributed by atoms with Crippen LogP contribution in [-0.2, 0) is 22.6 Å². The van der Waals surface area contributed by atoms with E-state index in [0.717, 1.165) is 5.56 Å². The molecule has 0 saturated heterocycles. The van der Waals surface area contributed by atoms with Crippen LogP contribution in [-0.4, -0.2) is 27.9 Å². The maximum atomic E-state index is 13.0. The normalized spacial score (nSPS) is 11.4. The Hall–Kier alpha value is -4.33. The van der Waals surface area contributed by atoms with Crippen LogP contribution in [0.2, 0.25) is 0 Å². The quantitative estimate of drug-likeness (QED) is 0.129. The molecular weight excluding hydrogens is 420 g/mol. The molecule has 0 spiro atoms. The first kappa shape index (κ1) is 23.3. The number of anilines is 1. The van der Waals surface area contributed by atoms with E-state index in [1.807, 2.05) is 30.3 Å². The highest BCUT2D eigenvalue weighted by atomic mass is 16.3. The fraction of sp³-hybridized carbons (Fsp3) is 0.160. The van der Waals surface area contributed by atoms with Crippen LogP contribution in [0.4, 0.5) is 5.69 Å². The number of aromatic hydroxyl groups is 2. The van der Waals surface area contributed by atoms with E-state index in [4.69, 9.17) is 11.1 Å². The number of carbonyl (C=O) groups is 2. The van der Waals surface area contributed by atoms with E-state index >= 15 is 0 Å². The first-order chi connectivity index (χ1) is 15.8. The molecular formula is C25H26N4O4. The Morgan fingerprint density at radius 1 is 0.879 bits per heavy atom. The fourth-order valence-corrected chi connectivity index (χ4v) is 3.29. The Labute approximate surface area is 191 Å². The van der Waals surface area contributed by atoms with Gasteiger partial charge in [0.05, 0.1) is 0 Å². The molecule has 0 aliphatic rings. The van der Waals surface area contributed by atoms with Gasteiger partial charge in [0.2, 0.25) is 11.8 Å². The van der Waals surface area contributed by atoms with Crippen molar-refractivity contribution in [3.63, 3.8) is 0 Å². The number of amides is 2. The van der Waals surface area contributed by atoms with Crippen molar-refractivity contribution in [2.75, 3.05) is 5.32 Å². The SMILES string of the molecule is N=C(N)c1ccc(NC(=O)C(CCc2ccccc2)C(=O)NCc2ccc(O)c(O)c2)cc1. The van der Waals surface area contributed by atoms with Gasteiger partial charge in [0.15, 0.2) is 11.5 Å². The number of rotatable bonds is 9. The zero-order chi connectivity index (χ0) is 23.8. The minimum atomic E-state index is -0.955. The predicted octanol–water partition coefficient (Wildman–Crippen LogP) is 2.89. The lowest BCUT2D eigenvalue weighted by atomic mass is 9.97. The van der Waals surface area contributed by atoms with Gasteiger partial charge in [-0.15, -0.1) is 0 Å². The Morgan fingerprint density at radius 3 is 2.21 bits per heavy atom. The number of aryl methyl sites for hydroxylation is 1. The number of benzene rings is 3. The topological polar surface area (TPSA) is 149 Å². The van der Waals surface area contributed by atoms with E-state index in [0.29, 0.717) is 29.7 Å². The van der Waals surface area contributed by atoms with E-state index in [1.54, 1.807) is 30.3 Å². The molecule has 0 aliphatic heterocycles. The van der Waals surface area contributed by atoms with Crippen LogP contribution in [0.1, 0.15) is 23.1 Å². The summed E-state index contributed by atoms with van der Waals surface area (Å²) in [5, 5.41) is 32.0. The summed E-state index contributed by atoms with van der Waals surface area (Å²) in [5.41, 5.74) is 8.08. The highest BCUT2D eigenvalue weighted by Gasteiger charge is 2.26. The van der Waals surface area contributed by atoms with E-state index in [2.05, 4.69) is 10.6 Å². The summed E-state index contributed by atoms with van der Waals surface area (Å²) in [6.07, 6.45) is 0.837. The standard InChI is InChI=1S/C25H26N4O4/c26-23(27)18-8-10-19(11-9-18)29-25(33)20(12-6-16-4-2-1-3-5-16)24(32)28-15-17-7-13-21(30)22(31)14-17/h1-5,7-11,13-14,20,30-31H,6,12,15H2,(H3,26,27)(H,28,32)(H,29,33). The average Bonchev–Trinajstić information content (AvgIpc) is 2.81. The van der Waals surface area contributed by atoms with Crippen molar-refractivity contribution in [2.45, 2.75) is 19.4 Å².